The molecule has 1 saturated heterocycles. The van der Waals surface area contributed by atoms with Gasteiger partial charge in [-0.05, 0) is 64.1 Å². The fourth-order valence-electron chi connectivity index (χ4n) is 2.60. The minimum Gasteiger partial charge on any atom is -0.314 e. The summed E-state index contributed by atoms with van der Waals surface area (Å²) in [6.07, 6.45) is 3.15. The predicted molar refractivity (Wildman–Crippen MR) is 68.6 cm³/mol. The van der Waals surface area contributed by atoms with E-state index in [1.807, 2.05) is 13.1 Å². The SMILES string of the molecule is CNC1(Cc2cccc(F)c2)CCN(C)CC1. The van der Waals surface area contributed by atoms with E-state index in [4.69, 9.17) is 0 Å². The lowest BCUT2D eigenvalue weighted by Crippen LogP contribution is -2.52. The van der Waals surface area contributed by atoms with Crippen LogP contribution >= 0.6 is 0 Å². The summed E-state index contributed by atoms with van der Waals surface area (Å²) in [5.41, 5.74) is 1.23. The standard InChI is InChI=1S/C14H21FN2/c1-16-14(6-8-17(2)9-7-14)11-12-4-3-5-13(15)10-12/h3-5,10,16H,6-9,11H2,1-2H3. The summed E-state index contributed by atoms with van der Waals surface area (Å²) in [6, 6.07) is 6.96. The van der Waals surface area contributed by atoms with E-state index in [0.29, 0.717) is 0 Å². The van der Waals surface area contributed by atoms with E-state index in [1.54, 1.807) is 12.1 Å². The lowest BCUT2D eigenvalue weighted by molar-refractivity contribution is 0.163. The number of hydrogen-bond acceptors (Lipinski definition) is 2. The highest BCUT2D eigenvalue weighted by molar-refractivity contribution is 5.19. The lowest BCUT2D eigenvalue weighted by Gasteiger charge is -2.41. The molecule has 0 radical (unpaired) electrons. The molecule has 2 rings (SSSR count). The first kappa shape index (κ1) is 12.5. The molecule has 0 bridgehead atoms. The molecule has 0 unspecified atom stereocenters. The van der Waals surface area contributed by atoms with Crippen molar-refractivity contribution in [3.63, 3.8) is 0 Å². The smallest absolute Gasteiger partial charge is 0.123 e. The predicted octanol–water partition coefficient (Wildman–Crippen LogP) is 2.05. The highest BCUT2D eigenvalue weighted by atomic mass is 19.1. The molecule has 2 nitrogen and oxygen atoms in total. The molecule has 3 heteroatoms. The average molecular weight is 236 g/mol. The molecule has 0 spiro atoms. The highest BCUT2D eigenvalue weighted by Crippen LogP contribution is 2.25. The van der Waals surface area contributed by atoms with Gasteiger partial charge in [-0.1, -0.05) is 12.1 Å². The maximum absolute atomic E-state index is 13.2. The van der Waals surface area contributed by atoms with Crippen LogP contribution in [0, 0.1) is 5.82 Å². The van der Waals surface area contributed by atoms with Crippen molar-refractivity contribution in [3.05, 3.63) is 35.6 Å². The minimum absolute atomic E-state index is 0.137. The third-order valence-electron chi connectivity index (χ3n) is 3.91. The summed E-state index contributed by atoms with van der Waals surface area (Å²) in [6.45, 7) is 2.21. The molecule has 1 aliphatic rings. The quantitative estimate of drug-likeness (QED) is 0.864. The van der Waals surface area contributed by atoms with Crippen LogP contribution in [0.25, 0.3) is 0 Å². The van der Waals surface area contributed by atoms with E-state index in [2.05, 4.69) is 17.3 Å². The molecule has 94 valence electrons. The van der Waals surface area contributed by atoms with Crippen LogP contribution in [0.3, 0.4) is 0 Å². The lowest BCUT2D eigenvalue weighted by atomic mass is 9.82. The largest absolute Gasteiger partial charge is 0.314 e. The summed E-state index contributed by atoms with van der Waals surface area (Å²) in [7, 11) is 4.17. The molecule has 1 aromatic rings. The number of likely N-dealkylation sites (tertiary alicyclic amines) is 1. The van der Waals surface area contributed by atoms with E-state index in [-0.39, 0.29) is 11.4 Å². The first-order valence-electron chi connectivity index (χ1n) is 6.25. The zero-order chi connectivity index (χ0) is 12.3. The monoisotopic (exact) mass is 236 g/mol. The average Bonchev–Trinajstić information content (AvgIpc) is 2.33. The third-order valence-corrected chi connectivity index (χ3v) is 3.91. The summed E-state index contributed by atoms with van der Waals surface area (Å²) < 4.78 is 13.2. The number of nitrogens with zero attached hydrogens (tertiary/aromatic N) is 1. The second kappa shape index (κ2) is 5.15. The fourth-order valence-corrected chi connectivity index (χ4v) is 2.60. The van der Waals surface area contributed by atoms with Crippen molar-refractivity contribution in [3.8, 4) is 0 Å². The Morgan fingerprint density at radius 3 is 2.65 bits per heavy atom. The Morgan fingerprint density at radius 1 is 1.35 bits per heavy atom. The van der Waals surface area contributed by atoms with Crippen LogP contribution in [-0.2, 0) is 6.42 Å². The van der Waals surface area contributed by atoms with Crippen LogP contribution < -0.4 is 5.32 Å². The van der Waals surface area contributed by atoms with Crippen molar-refractivity contribution < 1.29 is 4.39 Å². The van der Waals surface area contributed by atoms with Crippen molar-refractivity contribution in [2.75, 3.05) is 27.2 Å². The molecule has 1 fully saturated rings. The molecule has 17 heavy (non-hydrogen) atoms. The second-order valence-corrected chi connectivity index (χ2v) is 5.14. The van der Waals surface area contributed by atoms with Crippen LogP contribution in [0.15, 0.2) is 24.3 Å². The number of halogens is 1. The number of nitrogens with one attached hydrogen (secondary N) is 1. The molecule has 0 atom stereocenters. The van der Waals surface area contributed by atoms with Gasteiger partial charge in [-0.2, -0.15) is 0 Å². The van der Waals surface area contributed by atoms with Gasteiger partial charge >= 0.3 is 0 Å². The van der Waals surface area contributed by atoms with Crippen LogP contribution in [0.2, 0.25) is 0 Å². The number of hydrogen-bond donors (Lipinski definition) is 1. The molecule has 0 aliphatic carbocycles. The highest BCUT2D eigenvalue weighted by Gasteiger charge is 2.32. The first-order valence-corrected chi connectivity index (χ1v) is 6.25. The first-order chi connectivity index (χ1) is 8.13. The van der Waals surface area contributed by atoms with E-state index in [1.165, 1.54) is 6.07 Å². The maximum atomic E-state index is 13.2. The van der Waals surface area contributed by atoms with Crippen LogP contribution in [0.5, 0.6) is 0 Å². The van der Waals surface area contributed by atoms with Gasteiger partial charge in [0, 0.05) is 5.54 Å². The number of benzene rings is 1. The Labute approximate surface area is 103 Å². The van der Waals surface area contributed by atoms with Gasteiger partial charge in [0.2, 0.25) is 0 Å². The van der Waals surface area contributed by atoms with Gasteiger partial charge in [0.15, 0.2) is 0 Å². The number of piperidine rings is 1. The molecule has 1 aliphatic heterocycles. The molecule has 1 N–H and O–H groups in total. The van der Waals surface area contributed by atoms with Gasteiger partial charge in [0.25, 0.3) is 0 Å². The van der Waals surface area contributed by atoms with E-state index in [9.17, 15) is 4.39 Å². The molecule has 1 aromatic carbocycles. The Bertz CT molecular complexity index is 370. The molecule has 0 aromatic heterocycles. The Hall–Kier alpha value is -0.930. The topological polar surface area (TPSA) is 15.3 Å². The van der Waals surface area contributed by atoms with Crippen molar-refractivity contribution in [1.82, 2.24) is 10.2 Å². The van der Waals surface area contributed by atoms with Gasteiger partial charge < -0.3 is 10.2 Å². The van der Waals surface area contributed by atoms with E-state index < -0.39 is 0 Å². The van der Waals surface area contributed by atoms with Crippen molar-refractivity contribution in [2.24, 2.45) is 0 Å². The molecular formula is C14H21FN2. The molecular weight excluding hydrogens is 215 g/mol. The third kappa shape index (κ3) is 3.05. The summed E-state index contributed by atoms with van der Waals surface area (Å²) >= 11 is 0. The Morgan fingerprint density at radius 2 is 2.06 bits per heavy atom. The normalized spacial score (nSPS) is 20.4. The van der Waals surface area contributed by atoms with Gasteiger partial charge in [-0.3, -0.25) is 0 Å². The Balaban J connectivity index is 2.09. The van der Waals surface area contributed by atoms with Gasteiger partial charge in [-0.15, -0.1) is 0 Å². The van der Waals surface area contributed by atoms with Gasteiger partial charge in [0.05, 0.1) is 0 Å². The summed E-state index contributed by atoms with van der Waals surface area (Å²) in [5, 5.41) is 3.46. The molecule has 1 heterocycles. The number of likely N-dealkylation sites (N-methyl/N-ethyl adjacent to an activating group) is 1. The van der Waals surface area contributed by atoms with E-state index in [0.717, 1.165) is 37.9 Å². The van der Waals surface area contributed by atoms with Crippen molar-refractivity contribution in [1.29, 1.82) is 0 Å². The maximum Gasteiger partial charge on any atom is 0.123 e. The molecule has 0 saturated carbocycles. The Kier molecular flexibility index (Phi) is 3.79. The molecule has 0 amide bonds. The summed E-state index contributed by atoms with van der Waals surface area (Å²) in [5.74, 6) is -0.137. The summed E-state index contributed by atoms with van der Waals surface area (Å²) in [4.78, 5) is 2.35. The van der Waals surface area contributed by atoms with Crippen LogP contribution in [0.4, 0.5) is 4.39 Å². The zero-order valence-corrected chi connectivity index (χ0v) is 10.7. The van der Waals surface area contributed by atoms with Gasteiger partial charge in [0.1, 0.15) is 5.82 Å². The van der Waals surface area contributed by atoms with Crippen molar-refractivity contribution in [2.45, 2.75) is 24.8 Å². The van der Waals surface area contributed by atoms with Crippen LogP contribution in [-0.4, -0.2) is 37.6 Å². The van der Waals surface area contributed by atoms with E-state index >= 15 is 0 Å². The van der Waals surface area contributed by atoms with Gasteiger partial charge in [-0.25, -0.2) is 4.39 Å². The zero-order valence-electron chi connectivity index (χ0n) is 10.7. The minimum atomic E-state index is -0.137. The van der Waals surface area contributed by atoms with Crippen LogP contribution in [0.1, 0.15) is 18.4 Å². The second-order valence-electron chi connectivity index (χ2n) is 5.14. The number of rotatable bonds is 3. The van der Waals surface area contributed by atoms with Crippen molar-refractivity contribution >= 4 is 0 Å². The fraction of sp³-hybridized carbons (Fsp3) is 0.571.